The van der Waals surface area contributed by atoms with Crippen LogP contribution in [0.4, 0.5) is 0 Å². The zero-order valence-corrected chi connectivity index (χ0v) is 14.8. The van der Waals surface area contributed by atoms with Crippen molar-refractivity contribution < 1.29 is 43.4 Å². The Morgan fingerprint density at radius 3 is 1.33 bits per heavy atom. The smallest absolute Gasteiger partial charge is 1.00 e. The van der Waals surface area contributed by atoms with E-state index in [4.69, 9.17) is 0 Å². The Kier molecular flexibility index (Phi) is 62.3. The number of nitrogens with zero attached hydrogens (tertiary/aromatic N) is 2. The van der Waals surface area contributed by atoms with Gasteiger partial charge in [-0.1, -0.05) is 27.7 Å². The molecule has 0 atom stereocenters. The molecule has 109 valence electrons. The maximum Gasteiger partial charge on any atom is 2.00 e. The van der Waals surface area contributed by atoms with Crippen molar-refractivity contribution in [2.75, 3.05) is 26.2 Å². The van der Waals surface area contributed by atoms with E-state index in [1.807, 2.05) is 39.8 Å². The first kappa shape index (κ1) is 31.1. The largest absolute Gasteiger partial charge is 2.00 e. The molecule has 0 saturated heterocycles. The van der Waals surface area contributed by atoms with Crippen LogP contribution >= 0.6 is 0 Å². The molecule has 18 heavy (non-hydrogen) atoms. The van der Waals surface area contributed by atoms with Crippen LogP contribution in [0.25, 0.3) is 10.6 Å². The van der Waals surface area contributed by atoms with Crippen LogP contribution in [0.2, 0.25) is 0 Å². The molecule has 1 aliphatic rings. The average molecular weight is 331 g/mol. The minimum atomic E-state index is 0. The van der Waals surface area contributed by atoms with Crippen molar-refractivity contribution in [3.8, 4) is 0 Å². The third kappa shape index (κ3) is 43.9. The van der Waals surface area contributed by atoms with Crippen LogP contribution < -0.4 is 24.8 Å². The maximum absolute atomic E-state index is 3.97. The molecule has 0 unspecified atom stereocenters. The summed E-state index contributed by atoms with van der Waals surface area (Å²) < 4.78 is 0. The van der Waals surface area contributed by atoms with Gasteiger partial charge in [0.2, 0.25) is 0 Å². The summed E-state index contributed by atoms with van der Waals surface area (Å²) in [7, 11) is 0. The Balaban J connectivity index is -0.0000000433. The molecule has 0 amide bonds. The molecule has 0 heterocycles. The molecule has 0 aromatic rings. The van der Waals surface area contributed by atoms with Crippen molar-refractivity contribution >= 4 is 0 Å². The molecular weight excluding hydrogens is 306 g/mol. The molecule has 0 aromatic heterocycles. The van der Waals surface area contributed by atoms with Gasteiger partial charge in [-0.25, -0.2) is 12.2 Å². The van der Waals surface area contributed by atoms with Gasteiger partial charge in [-0.15, -0.1) is 6.42 Å². The summed E-state index contributed by atoms with van der Waals surface area (Å²) in [5.41, 5.74) is 0. The zero-order chi connectivity index (χ0) is 11.8. The van der Waals surface area contributed by atoms with E-state index in [1.54, 1.807) is 0 Å². The minimum absolute atomic E-state index is 0. The van der Waals surface area contributed by atoms with E-state index < -0.39 is 0 Å². The molecule has 0 spiro atoms. The summed E-state index contributed by atoms with van der Waals surface area (Å²) in [4.78, 5) is 0. The molecule has 1 rings (SSSR count). The van der Waals surface area contributed by atoms with Gasteiger partial charge in [0.05, 0.1) is 0 Å². The summed E-state index contributed by atoms with van der Waals surface area (Å²) in [6, 6.07) is 0. The van der Waals surface area contributed by atoms with E-state index in [1.165, 1.54) is 0 Å². The van der Waals surface area contributed by atoms with Crippen LogP contribution in [0, 0.1) is 6.08 Å². The topological polar surface area (TPSA) is 28.2 Å². The normalized spacial score (nSPS) is 9.56. The van der Waals surface area contributed by atoms with Crippen molar-refractivity contribution in [3.05, 3.63) is 34.9 Å². The van der Waals surface area contributed by atoms with E-state index in [0.717, 1.165) is 32.6 Å². The van der Waals surface area contributed by atoms with Crippen LogP contribution in [0.3, 0.4) is 0 Å². The predicted molar refractivity (Wildman–Crippen MR) is 70.5 cm³/mol. The molecule has 0 bridgehead atoms. The van der Waals surface area contributed by atoms with Crippen LogP contribution in [-0.2, 0) is 18.6 Å². The van der Waals surface area contributed by atoms with E-state index in [0.29, 0.717) is 0 Å². The fourth-order valence-electron chi connectivity index (χ4n) is 0.787. The summed E-state index contributed by atoms with van der Waals surface area (Å²) in [6.45, 7) is 12.1. The third-order valence-electron chi connectivity index (χ3n) is 1.48. The third-order valence-corrected chi connectivity index (χ3v) is 1.48. The Hall–Kier alpha value is 0.564. The van der Waals surface area contributed by atoms with E-state index in [2.05, 4.69) is 22.8 Å². The first-order valence-electron chi connectivity index (χ1n) is 5.81. The molecule has 1 radical (unpaired) electrons. The molecule has 0 saturated carbocycles. The van der Waals surface area contributed by atoms with Crippen molar-refractivity contribution in [1.82, 2.24) is 0 Å². The van der Waals surface area contributed by atoms with Crippen molar-refractivity contribution in [3.63, 3.8) is 0 Å². The molecule has 1 aliphatic carbocycles. The molecule has 0 aromatic carbocycles. The molecule has 0 aliphatic heterocycles. The monoisotopic (exact) mass is 330 g/mol. The summed E-state index contributed by atoms with van der Waals surface area (Å²) in [6.07, 6.45) is 10.0. The molecule has 2 nitrogen and oxygen atoms in total. The maximum atomic E-state index is 3.97. The molecule has 5 heteroatoms. The van der Waals surface area contributed by atoms with Gasteiger partial charge in [0.25, 0.3) is 0 Å². The summed E-state index contributed by atoms with van der Waals surface area (Å²) >= 11 is 0. The number of halogens is 2. The van der Waals surface area contributed by atoms with Crippen LogP contribution in [0.1, 0.15) is 34.1 Å². The summed E-state index contributed by atoms with van der Waals surface area (Å²) in [5, 5.41) is 7.94. The Bertz CT molecular complexity index is 134. The van der Waals surface area contributed by atoms with Gasteiger partial charge >= 0.3 is 18.6 Å². The van der Waals surface area contributed by atoms with Crippen LogP contribution in [-0.4, -0.2) is 26.2 Å². The second-order valence-corrected chi connectivity index (χ2v) is 2.72. The number of rotatable bonds is 4. The van der Waals surface area contributed by atoms with Crippen LogP contribution in [0.15, 0.2) is 18.2 Å². The van der Waals surface area contributed by atoms with E-state index >= 15 is 0 Å². The average Bonchev–Trinajstić information content (AvgIpc) is 2.79. The first-order valence-corrected chi connectivity index (χ1v) is 5.81. The van der Waals surface area contributed by atoms with Crippen LogP contribution in [0.5, 0.6) is 0 Å². The molecule has 0 fully saturated rings. The SMILES string of the molecule is CC[N-]CC.CC[N-]CC.[C-]1=CC=CC1.[Cl-].[Cl-].[V+2]. The number of hydrogen-bond acceptors (Lipinski definition) is 0. The predicted octanol–water partition coefficient (Wildman–Crippen LogP) is -1.89. The van der Waals surface area contributed by atoms with E-state index in [9.17, 15) is 0 Å². The van der Waals surface area contributed by atoms with Gasteiger partial charge in [0.1, 0.15) is 0 Å². The minimum Gasteiger partial charge on any atom is -1.00 e. The van der Waals surface area contributed by atoms with Crippen molar-refractivity contribution in [1.29, 1.82) is 0 Å². The van der Waals surface area contributed by atoms with Gasteiger partial charge in [-0.05, 0) is 0 Å². The Morgan fingerprint density at radius 1 is 0.889 bits per heavy atom. The summed E-state index contributed by atoms with van der Waals surface area (Å²) in [5.74, 6) is 0. The second-order valence-electron chi connectivity index (χ2n) is 2.72. The number of hydrogen-bond donors (Lipinski definition) is 0. The van der Waals surface area contributed by atoms with Crippen molar-refractivity contribution in [2.45, 2.75) is 34.1 Å². The van der Waals surface area contributed by atoms with Crippen molar-refractivity contribution in [2.24, 2.45) is 0 Å². The Morgan fingerprint density at radius 2 is 1.28 bits per heavy atom. The van der Waals surface area contributed by atoms with Gasteiger partial charge in [0.15, 0.2) is 0 Å². The standard InChI is InChI=1S/C5H5.2C4H10N.2ClH.V/c1-2-4-5-3-1;2*1-3-5-4-2;;;/h1-3H,4H2;2*3-4H2,1-2H3;2*1H;/q3*-1;;;+2/p-2. The van der Waals surface area contributed by atoms with Gasteiger partial charge in [0, 0.05) is 0 Å². The fraction of sp³-hybridized carbons (Fsp3) is 0.692. The fourth-order valence-corrected chi connectivity index (χ4v) is 0.787. The van der Waals surface area contributed by atoms with E-state index in [-0.39, 0.29) is 43.4 Å². The number of allylic oxidation sites excluding steroid dienone is 4. The van der Waals surface area contributed by atoms with Gasteiger partial charge < -0.3 is 35.4 Å². The Labute approximate surface area is 138 Å². The quantitative estimate of drug-likeness (QED) is 0.539. The van der Waals surface area contributed by atoms with Gasteiger partial charge in [-0.3, -0.25) is 6.08 Å². The molecular formula is C13H25Cl2N2V-3. The van der Waals surface area contributed by atoms with Gasteiger partial charge in [-0.2, -0.15) is 32.3 Å². The second kappa shape index (κ2) is 36.0. The zero-order valence-electron chi connectivity index (χ0n) is 11.9. The first-order chi connectivity index (χ1) is 7.33. The molecule has 0 N–H and O–H groups in total.